The molecule has 2 saturated carbocycles. The first-order valence-corrected chi connectivity index (χ1v) is 10.3. The van der Waals surface area contributed by atoms with Crippen molar-refractivity contribution < 1.29 is 0 Å². The maximum absolute atomic E-state index is 2.37. The predicted molar refractivity (Wildman–Crippen MR) is 115 cm³/mol. The molecule has 2 atom stereocenters. The lowest BCUT2D eigenvalue weighted by Crippen LogP contribution is -2.22. The van der Waals surface area contributed by atoms with Crippen LogP contribution in [0, 0.1) is 17.8 Å². The van der Waals surface area contributed by atoms with Gasteiger partial charge in [0, 0.05) is 0 Å². The first-order valence-electron chi connectivity index (χ1n) is 10.3. The monoisotopic (exact) mass is 330 g/mol. The van der Waals surface area contributed by atoms with Gasteiger partial charge >= 0.3 is 0 Å². The smallest absolute Gasteiger partial charge is 0.0819 e. The Balaban J connectivity index is 0.000000987. The molecule has 0 nitrogen and oxygen atoms in total. The van der Waals surface area contributed by atoms with Crippen molar-refractivity contribution >= 4 is 12.2 Å². The predicted octanol–water partition coefficient (Wildman–Crippen LogP) is 7.10. The lowest BCUT2D eigenvalue weighted by atomic mass is 9.49. The van der Waals surface area contributed by atoms with Gasteiger partial charge in [0.05, 0.1) is 0 Å². The van der Waals surface area contributed by atoms with Crippen LogP contribution in [0.3, 0.4) is 0 Å². The summed E-state index contributed by atoms with van der Waals surface area (Å²) in [5, 5.41) is 0. The molecule has 1 aromatic carbocycles. The summed E-state index contributed by atoms with van der Waals surface area (Å²) in [7, 11) is 0. The summed E-state index contributed by atoms with van der Waals surface area (Å²) in [5.41, 5.74) is 3.04. The molecule has 0 aliphatic heterocycles. The molecule has 0 radical (unpaired) electrons. The quantitative estimate of drug-likeness (QED) is 0.519. The highest BCUT2D eigenvalue weighted by Crippen LogP contribution is 2.45. The number of hydrogen-bond acceptors (Lipinski definition) is 0. The molecule has 0 N–H and O–H groups in total. The third-order valence-corrected chi connectivity index (χ3v) is 5.51. The molecule has 0 amide bonds. The molecule has 1 aromatic rings. The van der Waals surface area contributed by atoms with Crippen LogP contribution in [0.5, 0.6) is 0 Å². The number of fused-ring (bicyclic) bond motifs is 1. The van der Waals surface area contributed by atoms with Crippen molar-refractivity contribution in [3.8, 4) is 0 Å². The van der Waals surface area contributed by atoms with E-state index in [1.165, 1.54) is 50.4 Å². The Morgan fingerprint density at radius 1 is 0.833 bits per heavy atom. The van der Waals surface area contributed by atoms with Crippen molar-refractivity contribution in [3.63, 3.8) is 0 Å². The molecule has 0 saturated heterocycles. The van der Waals surface area contributed by atoms with Crippen LogP contribution in [-0.4, -0.2) is 6.71 Å². The van der Waals surface area contributed by atoms with Gasteiger partial charge in [0.1, 0.15) is 0 Å². The summed E-state index contributed by atoms with van der Waals surface area (Å²) in [4.78, 5) is 0. The third kappa shape index (κ3) is 6.65. The highest BCUT2D eigenvalue weighted by Gasteiger charge is 2.35. The normalized spacial score (nSPS) is 24.3. The minimum Gasteiger partial charge on any atom is -0.0819 e. The molecule has 2 unspecified atom stereocenters. The summed E-state index contributed by atoms with van der Waals surface area (Å²) < 4.78 is 0. The van der Waals surface area contributed by atoms with Crippen LogP contribution in [0.15, 0.2) is 24.3 Å². The van der Waals surface area contributed by atoms with Crippen LogP contribution in [-0.2, 0) is 6.42 Å². The van der Waals surface area contributed by atoms with Crippen molar-refractivity contribution in [2.75, 3.05) is 0 Å². The fourth-order valence-corrected chi connectivity index (χ4v) is 4.40. The van der Waals surface area contributed by atoms with Gasteiger partial charge in [-0.25, -0.2) is 0 Å². The Kier molecular flexibility index (Phi) is 12.2. The van der Waals surface area contributed by atoms with Gasteiger partial charge in [-0.2, -0.15) is 0 Å². The van der Waals surface area contributed by atoms with E-state index in [9.17, 15) is 0 Å². The van der Waals surface area contributed by atoms with E-state index in [0.717, 1.165) is 17.8 Å². The highest BCUT2D eigenvalue weighted by atomic mass is 14.4. The van der Waals surface area contributed by atoms with E-state index in [-0.39, 0.29) is 7.43 Å². The lowest BCUT2D eigenvalue weighted by Gasteiger charge is -2.24. The fourth-order valence-electron chi connectivity index (χ4n) is 4.40. The molecule has 24 heavy (non-hydrogen) atoms. The summed E-state index contributed by atoms with van der Waals surface area (Å²) >= 11 is 0. The van der Waals surface area contributed by atoms with E-state index in [2.05, 4.69) is 37.9 Å². The summed E-state index contributed by atoms with van der Waals surface area (Å²) in [6, 6.07) is 9.42. The van der Waals surface area contributed by atoms with Crippen LogP contribution in [0.1, 0.15) is 79.2 Å². The zero-order valence-electron chi connectivity index (χ0n) is 16.6. The van der Waals surface area contributed by atoms with Gasteiger partial charge < -0.3 is 0 Å². The van der Waals surface area contributed by atoms with Gasteiger partial charge in [0.15, 0.2) is 6.71 Å². The van der Waals surface area contributed by atoms with E-state index in [0.29, 0.717) is 6.71 Å². The van der Waals surface area contributed by atoms with Gasteiger partial charge in [0.2, 0.25) is 0 Å². The summed E-state index contributed by atoms with van der Waals surface area (Å²) in [5.74, 6) is 3.13. The van der Waals surface area contributed by atoms with Crippen LogP contribution in [0.4, 0.5) is 0 Å². The molecule has 138 valence electrons. The van der Waals surface area contributed by atoms with E-state index in [4.69, 9.17) is 0 Å². The topological polar surface area (TPSA) is 0 Å². The van der Waals surface area contributed by atoms with Gasteiger partial charge in [0.25, 0.3) is 0 Å². The second-order valence-electron chi connectivity index (χ2n) is 7.24. The van der Waals surface area contributed by atoms with E-state index in [1.54, 1.807) is 5.56 Å². The number of benzene rings is 1. The first-order chi connectivity index (χ1) is 11.2. The molecular weight excluding hydrogens is 287 g/mol. The third-order valence-electron chi connectivity index (χ3n) is 5.51. The second kappa shape index (κ2) is 12.6. The minimum atomic E-state index is 0. The van der Waals surface area contributed by atoms with Crippen molar-refractivity contribution in [2.45, 2.75) is 93.7 Å². The largest absolute Gasteiger partial charge is 0.169 e. The van der Waals surface area contributed by atoms with Crippen molar-refractivity contribution in [3.05, 3.63) is 29.8 Å². The van der Waals surface area contributed by atoms with Crippen molar-refractivity contribution in [1.29, 1.82) is 0 Å². The standard InChI is InChI=1S/C18H27B.2C2H6.CH4/c1-19(2)18-9-7-14(8-10-18)11-15-12-16-5-3-4-6-17(16)13-15;2*1-2;/h7-10,15-17H,3-6,11-13H2,1-2H3;2*1-2H3;1H4. The number of hydrogen-bond donors (Lipinski definition) is 0. The van der Waals surface area contributed by atoms with E-state index >= 15 is 0 Å². The number of rotatable bonds is 3. The maximum atomic E-state index is 2.37. The molecular formula is C23H43B. The highest BCUT2D eigenvalue weighted by molar-refractivity contribution is 6.70. The zero-order chi connectivity index (χ0) is 17.2. The van der Waals surface area contributed by atoms with Gasteiger partial charge in [-0.15, -0.1) is 0 Å². The lowest BCUT2D eigenvalue weighted by molar-refractivity contribution is 0.277. The van der Waals surface area contributed by atoms with Crippen LogP contribution < -0.4 is 5.46 Å². The second-order valence-corrected chi connectivity index (χ2v) is 7.24. The average molecular weight is 330 g/mol. The Morgan fingerprint density at radius 3 is 1.71 bits per heavy atom. The summed E-state index contributed by atoms with van der Waals surface area (Å²) in [6.07, 6.45) is 10.4. The Bertz CT molecular complexity index is 393. The van der Waals surface area contributed by atoms with Gasteiger partial charge in [-0.1, -0.05) is 104 Å². The molecule has 0 spiro atoms. The SMILES string of the molecule is C.CB(C)c1ccc(CC2CC3CCCCC3C2)cc1.CC.CC. The molecule has 1 heteroatoms. The molecule has 0 heterocycles. The fraction of sp³-hybridized carbons (Fsp3) is 0.739. The molecule has 2 aliphatic rings. The average Bonchev–Trinajstić information content (AvgIpc) is 3.01. The van der Waals surface area contributed by atoms with E-state index in [1.807, 2.05) is 27.7 Å². The maximum Gasteiger partial charge on any atom is 0.169 e. The minimum absolute atomic E-state index is 0. The van der Waals surface area contributed by atoms with Gasteiger partial charge in [-0.05, 0) is 42.6 Å². The van der Waals surface area contributed by atoms with Crippen LogP contribution >= 0.6 is 0 Å². The zero-order valence-corrected chi connectivity index (χ0v) is 16.6. The molecule has 2 fully saturated rings. The van der Waals surface area contributed by atoms with Crippen LogP contribution in [0.2, 0.25) is 13.6 Å². The van der Waals surface area contributed by atoms with E-state index < -0.39 is 0 Å². The Hall–Kier alpha value is -0.715. The Labute approximate surface area is 153 Å². The molecule has 2 aliphatic carbocycles. The first kappa shape index (κ1) is 23.3. The molecule has 0 aromatic heterocycles. The van der Waals surface area contributed by atoms with Crippen LogP contribution in [0.25, 0.3) is 0 Å². The summed E-state index contributed by atoms with van der Waals surface area (Å²) in [6.45, 7) is 13.2. The molecule has 3 rings (SSSR count). The molecule has 0 bridgehead atoms. The van der Waals surface area contributed by atoms with Gasteiger partial charge in [-0.3, -0.25) is 0 Å². The van der Waals surface area contributed by atoms with Crippen molar-refractivity contribution in [1.82, 2.24) is 0 Å². The van der Waals surface area contributed by atoms with Crippen molar-refractivity contribution in [2.24, 2.45) is 17.8 Å². The Morgan fingerprint density at radius 2 is 1.29 bits per heavy atom.